The number of rotatable bonds is 9. The number of benzene rings is 1. The average molecular weight is 504 g/mol. The van der Waals surface area contributed by atoms with E-state index in [1.807, 2.05) is 37.3 Å². The van der Waals surface area contributed by atoms with Crippen molar-refractivity contribution in [1.82, 2.24) is 9.55 Å². The van der Waals surface area contributed by atoms with E-state index in [4.69, 9.17) is 9.88 Å². The summed E-state index contributed by atoms with van der Waals surface area (Å²) in [6.45, 7) is 10.0. The Hall–Kier alpha value is -2.65. The first kappa shape index (κ1) is 26.9. The second-order valence-electron chi connectivity index (χ2n) is 10.4. The Balaban J connectivity index is 2.18. The summed E-state index contributed by atoms with van der Waals surface area (Å²) in [5.74, 6) is -0.514. The van der Waals surface area contributed by atoms with E-state index in [-0.39, 0.29) is 40.3 Å². The first-order chi connectivity index (χ1) is 16.3. The summed E-state index contributed by atoms with van der Waals surface area (Å²) in [5.41, 5.74) is 0.240. The molecule has 2 heterocycles. The Bertz CT molecular complexity index is 1200. The van der Waals surface area contributed by atoms with Crippen LogP contribution in [0.3, 0.4) is 0 Å². The molecule has 1 aromatic heterocycles. The lowest BCUT2D eigenvalue weighted by Gasteiger charge is -2.40. The lowest BCUT2D eigenvalue weighted by atomic mass is 9.78. The average Bonchev–Trinajstić information content (AvgIpc) is 3.07. The molecule has 1 aliphatic rings. The van der Waals surface area contributed by atoms with Crippen LogP contribution < -0.4 is 5.14 Å². The minimum Gasteiger partial charge on any atom is -0.512 e. The number of hydrogen-bond acceptors (Lipinski definition) is 6. The molecule has 3 rings (SSSR count). The lowest BCUT2D eigenvalue weighted by Crippen LogP contribution is -2.43. The number of sulfonamides is 1. The van der Waals surface area contributed by atoms with Crippen LogP contribution in [0.5, 0.6) is 0 Å². The summed E-state index contributed by atoms with van der Waals surface area (Å²) in [7, 11) is -2.52. The molecule has 3 N–H and O–H groups in total. The number of ether oxygens (including phenoxy) is 1. The fourth-order valence-corrected chi connectivity index (χ4v) is 6.19. The van der Waals surface area contributed by atoms with Gasteiger partial charge in [-0.15, -0.1) is 0 Å². The highest BCUT2D eigenvalue weighted by Crippen LogP contribution is 2.44. The molecule has 0 saturated carbocycles. The van der Waals surface area contributed by atoms with Crippen LogP contribution in [0.25, 0.3) is 11.4 Å². The predicted molar refractivity (Wildman–Crippen MR) is 135 cm³/mol. The van der Waals surface area contributed by atoms with Crippen LogP contribution in [0.1, 0.15) is 71.9 Å². The van der Waals surface area contributed by atoms with E-state index in [2.05, 4.69) is 32.7 Å². The summed E-state index contributed by atoms with van der Waals surface area (Å²) < 4.78 is 32.9. The molecule has 0 radical (unpaired) electrons. The Morgan fingerprint density at radius 1 is 1.14 bits per heavy atom. The fraction of sp³-hybridized carbons (Fsp3) is 0.538. The number of carbonyl (C=O) groups is 1. The molecule has 35 heavy (non-hydrogen) atoms. The van der Waals surface area contributed by atoms with Gasteiger partial charge in [-0.2, -0.15) is 0 Å². The zero-order valence-corrected chi connectivity index (χ0v) is 22.2. The van der Waals surface area contributed by atoms with E-state index in [9.17, 15) is 18.3 Å². The minimum absolute atomic E-state index is 0.0581. The van der Waals surface area contributed by atoms with Crippen LogP contribution in [0.2, 0.25) is 0 Å². The molecule has 0 aliphatic carbocycles. The van der Waals surface area contributed by atoms with Crippen LogP contribution in [-0.2, 0) is 26.6 Å². The third kappa shape index (κ3) is 5.62. The van der Waals surface area contributed by atoms with Gasteiger partial charge in [0.25, 0.3) is 10.0 Å². The van der Waals surface area contributed by atoms with Crippen LogP contribution >= 0.6 is 0 Å². The van der Waals surface area contributed by atoms with Crippen LogP contribution in [0, 0.1) is 11.8 Å². The third-order valence-electron chi connectivity index (χ3n) is 6.38. The van der Waals surface area contributed by atoms with Crippen molar-refractivity contribution in [2.24, 2.45) is 24.0 Å². The molecular formula is C26H37N3O5S. The summed E-state index contributed by atoms with van der Waals surface area (Å²) >= 11 is 0. The van der Waals surface area contributed by atoms with Crippen molar-refractivity contribution in [3.8, 4) is 11.4 Å². The van der Waals surface area contributed by atoms with E-state index < -0.39 is 27.5 Å². The van der Waals surface area contributed by atoms with E-state index in [1.165, 1.54) is 0 Å². The van der Waals surface area contributed by atoms with Crippen molar-refractivity contribution in [3.63, 3.8) is 0 Å². The highest BCUT2D eigenvalue weighted by atomic mass is 32.2. The van der Waals surface area contributed by atoms with E-state index in [0.717, 1.165) is 0 Å². The van der Waals surface area contributed by atoms with E-state index in [1.54, 1.807) is 11.6 Å². The fourth-order valence-electron chi connectivity index (χ4n) is 5.41. The van der Waals surface area contributed by atoms with E-state index in [0.29, 0.717) is 30.7 Å². The van der Waals surface area contributed by atoms with Gasteiger partial charge < -0.3 is 14.4 Å². The number of aliphatic hydroxyl groups excluding tert-OH is 1. The number of carbonyl (C=O) groups excluding carboxylic acids is 1. The quantitative estimate of drug-likeness (QED) is 0.473. The first-order valence-electron chi connectivity index (χ1n) is 12.1. The van der Waals surface area contributed by atoms with Crippen molar-refractivity contribution >= 4 is 16.0 Å². The predicted octanol–water partition coefficient (Wildman–Crippen LogP) is 4.82. The molecule has 0 saturated heterocycles. The summed E-state index contributed by atoms with van der Waals surface area (Å²) in [4.78, 5) is 17.8. The second-order valence-corrected chi connectivity index (χ2v) is 11.8. The number of imidazole rings is 1. The third-order valence-corrected chi connectivity index (χ3v) is 7.22. The molecule has 1 atom stereocenters. The Morgan fingerprint density at radius 3 is 2.17 bits per heavy atom. The van der Waals surface area contributed by atoms with Crippen LogP contribution in [0.15, 0.2) is 46.7 Å². The number of hydrogen-bond donors (Lipinski definition) is 2. The van der Waals surface area contributed by atoms with Gasteiger partial charge in [0.05, 0.1) is 11.3 Å². The van der Waals surface area contributed by atoms with Gasteiger partial charge in [-0.25, -0.2) is 23.3 Å². The number of primary sulfonamides is 1. The van der Waals surface area contributed by atoms with Gasteiger partial charge in [-0.05, 0) is 31.1 Å². The number of nitrogens with zero attached hydrogens (tertiary/aromatic N) is 2. The molecule has 1 aromatic carbocycles. The maximum atomic E-state index is 13.5. The molecule has 1 aliphatic heterocycles. The van der Waals surface area contributed by atoms with Crippen molar-refractivity contribution in [3.05, 3.63) is 47.4 Å². The number of aliphatic hydroxyl groups is 1. The standard InChI is InChI=1S/C26H37N3O5S/c1-7-19(21-20(30)15-26(13-16(2)3,14-17(4)5)34-25(21)31)22-24(35(27,32)33)28-23(29(22)6)18-11-9-8-10-12-18/h8-12,16-17,19,30H,7,13-15H2,1-6H3,(H2,27,32,33). The van der Waals surface area contributed by atoms with Crippen LogP contribution in [0.4, 0.5) is 0 Å². The highest BCUT2D eigenvalue weighted by molar-refractivity contribution is 7.89. The second kappa shape index (κ2) is 10.1. The minimum atomic E-state index is -4.21. The number of cyclic esters (lactones) is 1. The maximum absolute atomic E-state index is 13.5. The number of nitrogens with two attached hydrogens (primary N) is 1. The number of esters is 1. The molecule has 1 unspecified atom stereocenters. The van der Waals surface area contributed by atoms with Gasteiger partial charge in [0, 0.05) is 24.9 Å². The largest absolute Gasteiger partial charge is 0.512 e. The zero-order valence-electron chi connectivity index (χ0n) is 21.4. The molecule has 8 nitrogen and oxygen atoms in total. The van der Waals surface area contributed by atoms with Crippen LogP contribution in [-0.4, -0.2) is 34.6 Å². The van der Waals surface area contributed by atoms with Crippen molar-refractivity contribution in [2.75, 3.05) is 0 Å². The lowest BCUT2D eigenvalue weighted by molar-refractivity contribution is -0.163. The molecule has 2 aromatic rings. The van der Waals surface area contributed by atoms with Gasteiger partial charge in [0.2, 0.25) is 0 Å². The van der Waals surface area contributed by atoms with E-state index >= 15 is 0 Å². The van der Waals surface area contributed by atoms with Gasteiger partial charge >= 0.3 is 5.97 Å². The summed E-state index contributed by atoms with van der Waals surface area (Å²) in [6, 6.07) is 9.14. The maximum Gasteiger partial charge on any atom is 0.338 e. The molecule has 9 heteroatoms. The molecule has 0 bridgehead atoms. The SMILES string of the molecule is CCC(C1=C(O)CC(CC(C)C)(CC(C)C)OC1=O)c1c(S(N)(=O)=O)nc(-c2ccccc2)n1C. The molecule has 0 spiro atoms. The topological polar surface area (TPSA) is 125 Å². The molecular weight excluding hydrogens is 466 g/mol. The highest BCUT2D eigenvalue weighted by Gasteiger charge is 2.46. The Morgan fingerprint density at radius 2 is 1.71 bits per heavy atom. The summed E-state index contributed by atoms with van der Waals surface area (Å²) in [6.07, 6.45) is 1.77. The Kier molecular flexibility index (Phi) is 7.81. The van der Waals surface area contributed by atoms with Gasteiger partial charge in [0.15, 0.2) is 5.03 Å². The molecule has 0 amide bonds. The van der Waals surface area contributed by atoms with Crippen molar-refractivity contribution in [1.29, 1.82) is 0 Å². The number of aromatic nitrogens is 2. The van der Waals surface area contributed by atoms with Crippen molar-refractivity contribution < 1.29 is 23.1 Å². The van der Waals surface area contributed by atoms with Gasteiger partial charge in [-0.1, -0.05) is 65.0 Å². The zero-order chi connectivity index (χ0) is 26.1. The first-order valence-corrected chi connectivity index (χ1v) is 13.6. The van der Waals surface area contributed by atoms with Gasteiger partial charge in [-0.3, -0.25) is 0 Å². The Labute approximate surface area is 208 Å². The molecule has 0 fully saturated rings. The van der Waals surface area contributed by atoms with Gasteiger partial charge in [0.1, 0.15) is 17.2 Å². The normalized spacial score (nSPS) is 17.2. The summed E-state index contributed by atoms with van der Waals surface area (Å²) in [5, 5.41) is 16.5. The van der Waals surface area contributed by atoms with Crippen molar-refractivity contribution in [2.45, 2.75) is 76.8 Å². The monoisotopic (exact) mass is 503 g/mol. The molecule has 192 valence electrons. The smallest absolute Gasteiger partial charge is 0.338 e.